The Balaban J connectivity index is 2.07. The van der Waals surface area contributed by atoms with Crippen LogP contribution in [0.25, 0.3) is 0 Å². The van der Waals surface area contributed by atoms with Crippen molar-refractivity contribution in [2.75, 3.05) is 25.0 Å². The molecule has 0 bridgehead atoms. The van der Waals surface area contributed by atoms with E-state index in [4.69, 9.17) is 0 Å². The Morgan fingerprint density at radius 1 is 1.47 bits per heavy atom. The van der Waals surface area contributed by atoms with Gasteiger partial charge in [0.25, 0.3) is 0 Å². The topological polar surface area (TPSA) is 52.6 Å². The third-order valence-electron chi connectivity index (χ3n) is 3.66. The molecule has 2 N–H and O–H groups in total. The van der Waals surface area contributed by atoms with Gasteiger partial charge in [-0.15, -0.1) is 0 Å². The summed E-state index contributed by atoms with van der Waals surface area (Å²) in [6, 6.07) is 4.46. The SMILES string of the molecule is CNC(=O)C1CCN(c2ccc(F)cc2CO)CC1. The number of hydrogen-bond acceptors (Lipinski definition) is 3. The van der Waals surface area contributed by atoms with Gasteiger partial charge in [0.2, 0.25) is 5.91 Å². The number of halogens is 1. The first kappa shape index (κ1) is 13.8. The van der Waals surface area contributed by atoms with Gasteiger partial charge in [-0.1, -0.05) is 0 Å². The highest BCUT2D eigenvalue weighted by Crippen LogP contribution is 2.27. The van der Waals surface area contributed by atoms with Gasteiger partial charge in [-0.2, -0.15) is 0 Å². The average Bonchev–Trinajstić information content (AvgIpc) is 2.46. The average molecular weight is 266 g/mol. The molecule has 0 aliphatic carbocycles. The normalized spacial score (nSPS) is 16.5. The lowest BCUT2D eigenvalue weighted by Crippen LogP contribution is -2.39. The molecular formula is C14H19FN2O2. The molecule has 1 aromatic carbocycles. The highest BCUT2D eigenvalue weighted by Gasteiger charge is 2.25. The number of anilines is 1. The summed E-state index contributed by atoms with van der Waals surface area (Å²) in [6.07, 6.45) is 1.56. The van der Waals surface area contributed by atoms with Crippen LogP contribution in [0.3, 0.4) is 0 Å². The molecule has 1 amide bonds. The van der Waals surface area contributed by atoms with Crippen LogP contribution in [0.2, 0.25) is 0 Å². The van der Waals surface area contributed by atoms with E-state index in [1.54, 1.807) is 13.1 Å². The molecule has 0 saturated carbocycles. The first-order valence-electron chi connectivity index (χ1n) is 6.51. The Bertz CT molecular complexity index is 457. The van der Waals surface area contributed by atoms with Crippen LogP contribution in [0, 0.1) is 11.7 Å². The molecule has 0 atom stereocenters. The Labute approximate surface area is 112 Å². The molecule has 1 aromatic rings. The van der Waals surface area contributed by atoms with Gasteiger partial charge >= 0.3 is 0 Å². The Morgan fingerprint density at radius 3 is 2.74 bits per heavy atom. The van der Waals surface area contributed by atoms with E-state index in [2.05, 4.69) is 10.2 Å². The first-order valence-corrected chi connectivity index (χ1v) is 6.51. The number of carbonyl (C=O) groups excluding carboxylic acids is 1. The Hall–Kier alpha value is -1.62. The zero-order chi connectivity index (χ0) is 13.8. The summed E-state index contributed by atoms with van der Waals surface area (Å²) in [5, 5.41) is 12.0. The fourth-order valence-corrected chi connectivity index (χ4v) is 2.58. The molecule has 5 heteroatoms. The second kappa shape index (κ2) is 6.02. The summed E-state index contributed by atoms with van der Waals surface area (Å²) >= 11 is 0. The largest absolute Gasteiger partial charge is 0.392 e. The van der Waals surface area contributed by atoms with E-state index in [1.165, 1.54) is 12.1 Å². The fraction of sp³-hybridized carbons (Fsp3) is 0.500. The monoisotopic (exact) mass is 266 g/mol. The van der Waals surface area contributed by atoms with Crippen LogP contribution in [-0.2, 0) is 11.4 Å². The zero-order valence-corrected chi connectivity index (χ0v) is 11.0. The van der Waals surface area contributed by atoms with Crippen LogP contribution in [-0.4, -0.2) is 31.2 Å². The summed E-state index contributed by atoms with van der Waals surface area (Å²) in [4.78, 5) is 13.7. The number of nitrogens with one attached hydrogen (secondary N) is 1. The molecule has 1 heterocycles. The maximum Gasteiger partial charge on any atom is 0.222 e. The number of aliphatic hydroxyl groups excluding tert-OH is 1. The minimum Gasteiger partial charge on any atom is -0.392 e. The fourth-order valence-electron chi connectivity index (χ4n) is 2.58. The molecule has 1 aliphatic heterocycles. The van der Waals surface area contributed by atoms with E-state index in [0.29, 0.717) is 5.56 Å². The van der Waals surface area contributed by atoms with Crippen LogP contribution in [0.4, 0.5) is 10.1 Å². The van der Waals surface area contributed by atoms with Crippen LogP contribution < -0.4 is 10.2 Å². The van der Waals surface area contributed by atoms with Gasteiger partial charge < -0.3 is 15.3 Å². The lowest BCUT2D eigenvalue weighted by molar-refractivity contribution is -0.125. The number of piperidine rings is 1. The van der Waals surface area contributed by atoms with Crippen molar-refractivity contribution in [2.45, 2.75) is 19.4 Å². The van der Waals surface area contributed by atoms with Crippen LogP contribution in [0.1, 0.15) is 18.4 Å². The standard InChI is InChI=1S/C14H19FN2O2/c1-16-14(19)10-4-6-17(7-5-10)13-3-2-12(15)8-11(13)9-18/h2-3,8,10,18H,4-7,9H2,1H3,(H,16,19). The highest BCUT2D eigenvalue weighted by molar-refractivity contribution is 5.78. The molecule has 104 valence electrons. The van der Waals surface area contributed by atoms with Crippen molar-refractivity contribution in [2.24, 2.45) is 5.92 Å². The number of carbonyl (C=O) groups is 1. The minimum absolute atomic E-state index is 0.0549. The highest BCUT2D eigenvalue weighted by atomic mass is 19.1. The van der Waals surface area contributed by atoms with E-state index < -0.39 is 0 Å². The molecular weight excluding hydrogens is 247 g/mol. The second-order valence-corrected chi connectivity index (χ2v) is 4.81. The molecule has 1 fully saturated rings. The molecule has 1 saturated heterocycles. The predicted molar refractivity (Wildman–Crippen MR) is 71.3 cm³/mol. The van der Waals surface area contributed by atoms with Gasteiger partial charge in [0.15, 0.2) is 0 Å². The number of benzene rings is 1. The maximum absolute atomic E-state index is 13.1. The third-order valence-corrected chi connectivity index (χ3v) is 3.66. The van der Waals surface area contributed by atoms with Crippen molar-refractivity contribution in [3.8, 4) is 0 Å². The van der Waals surface area contributed by atoms with Crippen molar-refractivity contribution in [3.63, 3.8) is 0 Å². The van der Waals surface area contributed by atoms with Gasteiger partial charge in [0, 0.05) is 37.3 Å². The zero-order valence-electron chi connectivity index (χ0n) is 11.0. The molecule has 1 aliphatic rings. The van der Waals surface area contributed by atoms with Crippen LogP contribution in [0.15, 0.2) is 18.2 Å². The number of hydrogen-bond donors (Lipinski definition) is 2. The van der Waals surface area contributed by atoms with Crippen molar-refractivity contribution in [3.05, 3.63) is 29.6 Å². The Kier molecular flexibility index (Phi) is 4.37. The lowest BCUT2D eigenvalue weighted by atomic mass is 9.95. The molecule has 0 radical (unpaired) electrons. The van der Waals surface area contributed by atoms with Crippen molar-refractivity contribution >= 4 is 11.6 Å². The van der Waals surface area contributed by atoms with Crippen molar-refractivity contribution in [1.29, 1.82) is 0 Å². The molecule has 2 rings (SSSR count). The Morgan fingerprint density at radius 2 is 2.16 bits per heavy atom. The van der Waals surface area contributed by atoms with Gasteiger partial charge in [-0.3, -0.25) is 4.79 Å². The van der Waals surface area contributed by atoms with Gasteiger partial charge in [-0.25, -0.2) is 4.39 Å². The summed E-state index contributed by atoms with van der Waals surface area (Å²) in [7, 11) is 1.65. The van der Waals surface area contributed by atoms with Crippen molar-refractivity contribution < 1.29 is 14.3 Å². The maximum atomic E-state index is 13.1. The summed E-state index contributed by atoms with van der Waals surface area (Å²) < 4.78 is 13.1. The summed E-state index contributed by atoms with van der Waals surface area (Å²) in [5.74, 6) is -0.201. The van der Waals surface area contributed by atoms with E-state index >= 15 is 0 Å². The third kappa shape index (κ3) is 3.04. The van der Waals surface area contributed by atoms with Crippen molar-refractivity contribution in [1.82, 2.24) is 5.32 Å². The predicted octanol–water partition coefficient (Wildman–Crippen LogP) is 1.28. The molecule has 19 heavy (non-hydrogen) atoms. The van der Waals surface area contributed by atoms with E-state index in [-0.39, 0.29) is 24.2 Å². The smallest absolute Gasteiger partial charge is 0.222 e. The number of nitrogens with zero attached hydrogens (tertiary/aromatic N) is 1. The van der Waals surface area contributed by atoms with Gasteiger partial charge in [0.05, 0.1) is 6.61 Å². The van der Waals surface area contributed by atoms with E-state index in [0.717, 1.165) is 31.6 Å². The summed E-state index contributed by atoms with van der Waals surface area (Å²) in [5.41, 5.74) is 1.46. The molecule has 4 nitrogen and oxygen atoms in total. The summed E-state index contributed by atoms with van der Waals surface area (Å²) in [6.45, 7) is 1.32. The molecule has 0 unspecified atom stereocenters. The number of rotatable bonds is 3. The quantitative estimate of drug-likeness (QED) is 0.866. The van der Waals surface area contributed by atoms with Crippen LogP contribution >= 0.6 is 0 Å². The van der Waals surface area contributed by atoms with Gasteiger partial charge in [-0.05, 0) is 31.0 Å². The van der Waals surface area contributed by atoms with Gasteiger partial charge in [0.1, 0.15) is 5.82 Å². The molecule has 0 aromatic heterocycles. The number of aliphatic hydroxyl groups is 1. The van der Waals surface area contributed by atoms with Crippen LogP contribution in [0.5, 0.6) is 0 Å². The number of amides is 1. The lowest BCUT2D eigenvalue weighted by Gasteiger charge is -2.33. The van der Waals surface area contributed by atoms with E-state index in [9.17, 15) is 14.3 Å². The minimum atomic E-state index is -0.340. The molecule has 0 spiro atoms. The van der Waals surface area contributed by atoms with E-state index in [1.807, 2.05) is 0 Å². The second-order valence-electron chi connectivity index (χ2n) is 4.81. The first-order chi connectivity index (χ1) is 9.15.